The summed E-state index contributed by atoms with van der Waals surface area (Å²) in [5, 5.41) is 8.22. The summed E-state index contributed by atoms with van der Waals surface area (Å²) in [4.78, 5) is 12.0. The second-order valence-corrected chi connectivity index (χ2v) is 5.22. The Hall–Kier alpha value is -1.91. The quantitative estimate of drug-likeness (QED) is 0.773. The SMILES string of the molecule is Cc1nnc(Cn2cc3c(c2)C(=O)CCCC3)n1C. The zero-order valence-corrected chi connectivity index (χ0v) is 11.4. The van der Waals surface area contributed by atoms with E-state index in [1.54, 1.807) is 0 Å². The maximum Gasteiger partial charge on any atom is 0.164 e. The van der Waals surface area contributed by atoms with Crippen molar-refractivity contribution in [1.29, 1.82) is 0 Å². The van der Waals surface area contributed by atoms with Gasteiger partial charge in [0.05, 0.1) is 6.54 Å². The van der Waals surface area contributed by atoms with Crippen LogP contribution >= 0.6 is 0 Å². The summed E-state index contributed by atoms with van der Waals surface area (Å²) in [5.41, 5.74) is 2.08. The zero-order chi connectivity index (χ0) is 13.4. The van der Waals surface area contributed by atoms with Crippen molar-refractivity contribution in [2.24, 2.45) is 7.05 Å². The third-order valence-corrected chi connectivity index (χ3v) is 3.87. The molecule has 5 nitrogen and oxygen atoms in total. The molecule has 0 fully saturated rings. The first-order valence-electron chi connectivity index (χ1n) is 6.72. The molecule has 1 aliphatic carbocycles. The predicted molar refractivity (Wildman–Crippen MR) is 71.2 cm³/mol. The van der Waals surface area contributed by atoms with Crippen molar-refractivity contribution in [2.45, 2.75) is 39.2 Å². The molecule has 100 valence electrons. The van der Waals surface area contributed by atoms with E-state index < -0.39 is 0 Å². The second-order valence-electron chi connectivity index (χ2n) is 5.22. The van der Waals surface area contributed by atoms with Crippen LogP contribution in [0.25, 0.3) is 0 Å². The molecule has 0 bridgehead atoms. The Labute approximate surface area is 112 Å². The third kappa shape index (κ3) is 2.20. The standard InChI is InChI=1S/C14H18N4O/c1-10-15-16-14(17(10)2)9-18-7-11-5-3-4-6-13(19)12(11)8-18/h7-8H,3-6,9H2,1-2H3. The van der Waals surface area contributed by atoms with Gasteiger partial charge in [-0.2, -0.15) is 0 Å². The molecule has 19 heavy (non-hydrogen) atoms. The van der Waals surface area contributed by atoms with E-state index in [0.29, 0.717) is 13.0 Å². The fourth-order valence-electron chi connectivity index (χ4n) is 2.58. The Morgan fingerprint density at radius 3 is 2.74 bits per heavy atom. The van der Waals surface area contributed by atoms with Crippen LogP contribution in [-0.2, 0) is 20.0 Å². The summed E-state index contributed by atoms with van der Waals surface area (Å²) in [6, 6.07) is 0. The van der Waals surface area contributed by atoms with E-state index >= 15 is 0 Å². The number of fused-ring (bicyclic) bond motifs is 1. The maximum absolute atomic E-state index is 12.0. The number of hydrogen-bond acceptors (Lipinski definition) is 3. The monoisotopic (exact) mass is 258 g/mol. The Kier molecular flexibility index (Phi) is 2.97. The summed E-state index contributed by atoms with van der Waals surface area (Å²) >= 11 is 0. The fourth-order valence-corrected chi connectivity index (χ4v) is 2.58. The summed E-state index contributed by atoms with van der Waals surface area (Å²) in [6.07, 6.45) is 7.85. The fraction of sp³-hybridized carbons (Fsp3) is 0.500. The highest BCUT2D eigenvalue weighted by molar-refractivity contribution is 5.97. The molecule has 0 radical (unpaired) electrons. The van der Waals surface area contributed by atoms with Gasteiger partial charge in [-0.1, -0.05) is 0 Å². The minimum atomic E-state index is 0.278. The van der Waals surface area contributed by atoms with E-state index in [4.69, 9.17) is 0 Å². The van der Waals surface area contributed by atoms with Gasteiger partial charge in [0.1, 0.15) is 5.82 Å². The highest BCUT2D eigenvalue weighted by Gasteiger charge is 2.18. The van der Waals surface area contributed by atoms with Gasteiger partial charge in [-0.3, -0.25) is 4.79 Å². The van der Waals surface area contributed by atoms with Crippen LogP contribution < -0.4 is 0 Å². The largest absolute Gasteiger partial charge is 0.346 e. The van der Waals surface area contributed by atoms with E-state index in [0.717, 1.165) is 36.5 Å². The number of Topliss-reactive ketones (excluding diaryl/α,β-unsaturated/α-hetero) is 1. The molecular weight excluding hydrogens is 240 g/mol. The van der Waals surface area contributed by atoms with Crippen LogP contribution in [0.15, 0.2) is 12.4 Å². The molecule has 3 rings (SSSR count). The van der Waals surface area contributed by atoms with Gasteiger partial charge in [0.15, 0.2) is 11.6 Å². The Morgan fingerprint density at radius 1 is 1.21 bits per heavy atom. The van der Waals surface area contributed by atoms with Gasteiger partial charge in [0.2, 0.25) is 0 Å². The highest BCUT2D eigenvalue weighted by atomic mass is 16.1. The van der Waals surface area contributed by atoms with Crippen molar-refractivity contribution in [3.05, 3.63) is 35.2 Å². The van der Waals surface area contributed by atoms with E-state index in [1.807, 2.05) is 24.7 Å². The molecule has 0 unspecified atom stereocenters. The molecule has 1 aliphatic rings. The molecule has 5 heteroatoms. The lowest BCUT2D eigenvalue weighted by Gasteiger charge is -2.03. The number of nitrogens with zero attached hydrogens (tertiary/aromatic N) is 4. The molecule has 0 atom stereocenters. The molecule has 0 saturated heterocycles. The van der Waals surface area contributed by atoms with Crippen molar-refractivity contribution in [3.8, 4) is 0 Å². The normalized spacial score (nSPS) is 15.4. The molecular formula is C14H18N4O. The molecule has 0 N–H and O–H groups in total. The summed E-state index contributed by atoms with van der Waals surface area (Å²) in [7, 11) is 1.96. The predicted octanol–water partition coefficient (Wildman–Crippen LogP) is 1.88. The van der Waals surface area contributed by atoms with E-state index in [2.05, 4.69) is 21.0 Å². The van der Waals surface area contributed by atoms with Crippen LogP contribution in [0.5, 0.6) is 0 Å². The Bertz CT molecular complexity index is 623. The average Bonchev–Trinajstić information content (AvgIpc) is 2.88. The van der Waals surface area contributed by atoms with Gasteiger partial charge in [0, 0.05) is 31.4 Å². The number of carbonyl (C=O) groups excluding carboxylic acids is 1. The number of ketones is 1. The first-order valence-corrected chi connectivity index (χ1v) is 6.72. The lowest BCUT2D eigenvalue weighted by Crippen LogP contribution is -2.05. The van der Waals surface area contributed by atoms with Crippen LogP contribution in [0.3, 0.4) is 0 Å². The van der Waals surface area contributed by atoms with Gasteiger partial charge in [-0.05, 0) is 31.7 Å². The van der Waals surface area contributed by atoms with Gasteiger partial charge in [-0.15, -0.1) is 10.2 Å². The number of aryl methyl sites for hydroxylation is 2. The highest BCUT2D eigenvalue weighted by Crippen LogP contribution is 2.21. The van der Waals surface area contributed by atoms with Gasteiger partial charge >= 0.3 is 0 Å². The first-order chi connectivity index (χ1) is 9.15. The van der Waals surface area contributed by atoms with Crippen LogP contribution in [0.2, 0.25) is 0 Å². The van der Waals surface area contributed by atoms with Gasteiger partial charge < -0.3 is 9.13 Å². The summed E-state index contributed by atoms with van der Waals surface area (Å²) in [6.45, 7) is 2.60. The van der Waals surface area contributed by atoms with Crippen molar-refractivity contribution in [2.75, 3.05) is 0 Å². The van der Waals surface area contributed by atoms with Crippen LogP contribution in [0.4, 0.5) is 0 Å². The minimum Gasteiger partial charge on any atom is -0.346 e. The van der Waals surface area contributed by atoms with Crippen LogP contribution in [0.1, 0.15) is 46.8 Å². The first kappa shape index (κ1) is 12.1. The Morgan fingerprint density at radius 2 is 2.00 bits per heavy atom. The zero-order valence-electron chi connectivity index (χ0n) is 11.4. The van der Waals surface area contributed by atoms with Crippen LogP contribution in [0, 0.1) is 6.92 Å². The minimum absolute atomic E-state index is 0.278. The molecule has 2 aromatic rings. The third-order valence-electron chi connectivity index (χ3n) is 3.87. The van der Waals surface area contributed by atoms with Crippen LogP contribution in [-0.4, -0.2) is 25.1 Å². The molecule has 2 aromatic heterocycles. The topological polar surface area (TPSA) is 52.7 Å². The van der Waals surface area contributed by atoms with Crippen molar-refractivity contribution in [1.82, 2.24) is 19.3 Å². The lowest BCUT2D eigenvalue weighted by atomic mass is 10.1. The average molecular weight is 258 g/mol. The number of carbonyl (C=O) groups is 1. The number of hydrogen-bond donors (Lipinski definition) is 0. The maximum atomic E-state index is 12.0. The second kappa shape index (κ2) is 4.64. The van der Waals surface area contributed by atoms with Crippen molar-refractivity contribution in [3.63, 3.8) is 0 Å². The molecule has 0 aliphatic heterocycles. The molecule has 0 aromatic carbocycles. The van der Waals surface area contributed by atoms with E-state index in [1.165, 1.54) is 5.56 Å². The smallest absolute Gasteiger partial charge is 0.164 e. The molecule has 0 spiro atoms. The summed E-state index contributed by atoms with van der Waals surface area (Å²) in [5.74, 6) is 2.09. The summed E-state index contributed by atoms with van der Waals surface area (Å²) < 4.78 is 4.03. The van der Waals surface area contributed by atoms with E-state index in [9.17, 15) is 4.79 Å². The lowest BCUT2D eigenvalue weighted by molar-refractivity contribution is 0.0982. The van der Waals surface area contributed by atoms with Gasteiger partial charge in [-0.25, -0.2) is 0 Å². The van der Waals surface area contributed by atoms with E-state index in [-0.39, 0.29) is 5.78 Å². The molecule has 0 amide bonds. The molecule has 2 heterocycles. The number of rotatable bonds is 2. The number of aromatic nitrogens is 4. The van der Waals surface area contributed by atoms with Crippen molar-refractivity contribution < 1.29 is 4.79 Å². The Balaban J connectivity index is 1.89. The molecule has 0 saturated carbocycles. The van der Waals surface area contributed by atoms with Gasteiger partial charge in [0.25, 0.3) is 0 Å². The van der Waals surface area contributed by atoms with Crippen molar-refractivity contribution >= 4 is 5.78 Å².